The Labute approximate surface area is 147 Å². The molecule has 1 aromatic carbocycles. The first kappa shape index (κ1) is 16.9. The van der Waals surface area contributed by atoms with E-state index in [1.807, 2.05) is 48.0 Å². The number of para-hydroxylation sites is 1. The van der Waals surface area contributed by atoms with Crippen molar-refractivity contribution < 1.29 is 4.74 Å². The largest absolute Gasteiger partial charge is 0.439 e. The lowest BCUT2D eigenvalue weighted by atomic mass is 10.2. The van der Waals surface area contributed by atoms with E-state index in [0.717, 1.165) is 23.9 Å². The van der Waals surface area contributed by atoms with Gasteiger partial charge in [-0.05, 0) is 18.1 Å². The molecule has 0 aliphatic carbocycles. The van der Waals surface area contributed by atoms with E-state index in [4.69, 9.17) is 4.74 Å². The standard InChI is InChI=1S/C18H22N6O/c1-14(2)10-24(11-17-22-21-13-23(17)3)16-9-18(20-12-19-16)25-15-7-5-4-6-8-15/h4-9,12-14H,10-11H2,1-3H3. The van der Waals surface area contributed by atoms with Crippen molar-refractivity contribution in [3.05, 3.63) is 54.9 Å². The van der Waals surface area contributed by atoms with Crippen LogP contribution in [0.25, 0.3) is 0 Å². The minimum Gasteiger partial charge on any atom is -0.439 e. The summed E-state index contributed by atoms with van der Waals surface area (Å²) < 4.78 is 7.73. The van der Waals surface area contributed by atoms with Crippen molar-refractivity contribution in [3.8, 4) is 11.6 Å². The van der Waals surface area contributed by atoms with Crippen LogP contribution in [0.5, 0.6) is 11.6 Å². The predicted molar refractivity (Wildman–Crippen MR) is 95.4 cm³/mol. The molecule has 0 spiro atoms. The molecule has 7 heteroatoms. The summed E-state index contributed by atoms with van der Waals surface area (Å²) in [4.78, 5) is 10.8. The molecule has 0 unspecified atom stereocenters. The molecule has 130 valence electrons. The molecule has 0 aliphatic rings. The first-order valence-electron chi connectivity index (χ1n) is 8.24. The summed E-state index contributed by atoms with van der Waals surface area (Å²) in [6.45, 7) is 5.81. The van der Waals surface area contributed by atoms with Crippen LogP contribution in [0, 0.1) is 5.92 Å². The lowest BCUT2D eigenvalue weighted by Crippen LogP contribution is -2.29. The van der Waals surface area contributed by atoms with Gasteiger partial charge in [-0.2, -0.15) is 0 Å². The van der Waals surface area contributed by atoms with Crippen LogP contribution in [-0.2, 0) is 13.6 Å². The molecule has 0 atom stereocenters. The molecule has 2 heterocycles. The van der Waals surface area contributed by atoms with Gasteiger partial charge in [-0.3, -0.25) is 0 Å². The zero-order chi connectivity index (χ0) is 17.6. The predicted octanol–water partition coefficient (Wildman–Crippen LogP) is 3.06. The Bertz CT molecular complexity index is 802. The highest BCUT2D eigenvalue weighted by Crippen LogP contribution is 2.23. The SMILES string of the molecule is CC(C)CN(Cc1nncn1C)c1cc(Oc2ccccc2)ncn1. The summed E-state index contributed by atoms with van der Waals surface area (Å²) in [6, 6.07) is 11.4. The number of hydrogen-bond donors (Lipinski definition) is 0. The number of rotatable bonds is 7. The Morgan fingerprint density at radius 1 is 1.16 bits per heavy atom. The molecule has 0 bridgehead atoms. The van der Waals surface area contributed by atoms with Crippen LogP contribution in [-0.4, -0.2) is 31.3 Å². The van der Waals surface area contributed by atoms with Crippen molar-refractivity contribution >= 4 is 5.82 Å². The summed E-state index contributed by atoms with van der Waals surface area (Å²) in [6.07, 6.45) is 3.23. The van der Waals surface area contributed by atoms with Crippen LogP contribution < -0.4 is 9.64 Å². The minimum absolute atomic E-state index is 0.474. The van der Waals surface area contributed by atoms with E-state index < -0.39 is 0 Å². The zero-order valence-corrected chi connectivity index (χ0v) is 14.7. The van der Waals surface area contributed by atoms with Gasteiger partial charge >= 0.3 is 0 Å². The van der Waals surface area contributed by atoms with Gasteiger partial charge in [0, 0.05) is 19.7 Å². The molecule has 3 aromatic rings. The number of ether oxygens (including phenoxy) is 1. The second kappa shape index (κ2) is 7.74. The third kappa shape index (κ3) is 4.53. The van der Waals surface area contributed by atoms with E-state index in [2.05, 4.69) is 38.9 Å². The van der Waals surface area contributed by atoms with Gasteiger partial charge in [0.25, 0.3) is 0 Å². The number of aryl methyl sites for hydroxylation is 1. The van der Waals surface area contributed by atoms with E-state index in [0.29, 0.717) is 18.3 Å². The summed E-state index contributed by atoms with van der Waals surface area (Å²) in [7, 11) is 1.94. The van der Waals surface area contributed by atoms with Gasteiger partial charge in [-0.25, -0.2) is 9.97 Å². The van der Waals surface area contributed by atoms with Gasteiger partial charge in [0.1, 0.15) is 24.2 Å². The average Bonchev–Trinajstić information content (AvgIpc) is 3.00. The normalized spacial score (nSPS) is 10.9. The molecule has 0 saturated carbocycles. The second-order valence-corrected chi connectivity index (χ2v) is 6.26. The maximum absolute atomic E-state index is 5.82. The Morgan fingerprint density at radius 3 is 2.64 bits per heavy atom. The van der Waals surface area contributed by atoms with Crippen LogP contribution in [0.4, 0.5) is 5.82 Å². The number of hydrogen-bond acceptors (Lipinski definition) is 6. The lowest BCUT2D eigenvalue weighted by molar-refractivity contribution is 0.460. The summed E-state index contributed by atoms with van der Waals surface area (Å²) >= 11 is 0. The van der Waals surface area contributed by atoms with Crippen molar-refractivity contribution in [1.29, 1.82) is 0 Å². The average molecular weight is 338 g/mol. The smallest absolute Gasteiger partial charge is 0.224 e. The molecule has 7 nitrogen and oxygen atoms in total. The van der Waals surface area contributed by atoms with Gasteiger partial charge < -0.3 is 14.2 Å². The fourth-order valence-corrected chi connectivity index (χ4v) is 2.47. The molecule has 0 aliphatic heterocycles. The van der Waals surface area contributed by atoms with E-state index >= 15 is 0 Å². The molecule has 25 heavy (non-hydrogen) atoms. The lowest BCUT2D eigenvalue weighted by Gasteiger charge is -2.25. The topological polar surface area (TPSA) is 69.0 Å². The number of nitrogens with zero attached hydrogens (tertiary/aromatic N) is 6. The maximum Gasteiger partial charge on any atom is 0.224 e. The molecule has 0 N–H and O–H groups in total. The van der Waals surface area contributed by atoms with Crippen molar-refractivity contribution in [2.24, 2.45) is 13.0 Å². The Balaban J connectivity index is 1.82. The van der Waals surface area contributed by atoms with E-state index in [9.17, 15) is 0 Å². The number of aromatic nitrogens is 5. The summed E-state index contributed by atoms with van der Waals surface area (Å²) in [5, 5.41) is 8.13. The molecule has 0 saturated heterocycles. The van der Waals surface area contributed by atoms with Crippen LogP contribution in [0.1, 0.15) is 19.7 Å². The van der Waals surface area contributed by atoms with E-state index in [1.54, 1.807) is 6.33 Å². The molecule has 3 rings (SSSR count). The Kier molecular flexibility index (Phi) is 5.23. The number of anilines is 1. The van der Waals surface area contributed by atoms with Crippen molar-refractivity contribution in [3.63, 3.8) is 0 Å². The van der Waals surface area contributed by atoms with Crippen LogP contribution >= 0.6 is 0 Å². The third-order valence-corrected chi connectivity index (χ3v) is 3.64. The summed E-state index contributed by atoms with van der Waals surface area (Å²) in [5.74, 6) is 3.42. The quantitative estimate of drug-likeness (QED) is 0.659. The van der Waals surface area contributed by atoms with Gasteiger partial charge in [-0.1, -0.05) is 32.0 Å². The maximum atomic E-state index is 5.82. The Hall–Kier alpha value is -2.96. The van der Waals surface area contributed by atoms with Gasteiger partial charge in [-0.15, -0.1) is 10.2 Å². The summed E-state index contributed by atoms with van der Waals surface area (Å²) in [5.41, 5.74) is 0. The molecule has 2 aromatic heterocycles. The highest BCUT2D eigenvalue weighted by Gasteiger charge is 2.15. The van der Waals surface area contributed by atoms with Crippen LogP contribution in [0.3, 0.4) is 0 Å². The molecule has 0 fully saturated rings. The van der Waals surface area contributed by atoms with Gasteiger partial charge in [0.15, 0.2) is 5.82 Å². The van der Waals surface area contributed by atoms with E-state index in [1.165, 1.54) is 6.33 Å². The first-order valence-corrected chi connectivity index (χ1v) is 8.24. The second-order valence-electron chi connectivity index (χ2n) is 6.26. The van der Waals surface area contributed by atoms with Crippen molar-refractivity contribution in [1.82, 2.24) is 24.7 Å². The molecular formula is C18H22N6O. The third-order valence-electron chi connectivity index (χ3n) is 3.64. The number of benzene rings is 1. The van der Waals surface area contributed by atoms with Crippen LogP contribution in [0.15, 0.2) is 49.1 Å². The molecular weight excluding hydrogens is 316 g/mol. The molecule has 0 radical (unpaired) electrons. The van der Waals surface area contributed by atoms with Crippen molar-refractivity contribution in [2.75, 3.05) is 11.4 Å². The fourth-order valence-electron chi connectivity index (χ4n) is 2.47. The van der Waals surface area contributed by atoms with Crippen molar-refractivity contribution in [2.45, 2.75) is 20.4 Å². The monoisotopic (exact) mass is 338 g/mol. The highest BCUT2D eigenvalue weighted by atomic mass is 16.5. The Morgan fingerprint density at radius 2 is 1.96 bits per heavy atom. The fraction of sp³-hybridized carbons (Fsp3) is 0.333. The van der Waals surface area contributed by atoms with Crippen LogP contribution in [0.2, 0.25) is 0 Å². The first-order chi connectivity index (χ1) is 12.1. The zero-order valence-electron chi connectivity index (χ0n) is 14.7. The van der Waals surface area contributed by atoms with Gasteiger partial charge in [0.05, 0.1) is 6.54 Å². The van der Waals surface area contributed by atoms with Gasteiger partial charge in [0.2, 0.25) is 5.88 Å². The van der Waals surface area contributed by atoms with E-state index in [-0.39, 0.29) is 0 Å². The molecule has 0 amide bonds. The minimum atomic E-state index is 0.474. The highest BCUT2D eigenvalue weighted by molar-refractivity contribution is 5.42.